The lowest BCUT2D eigenvalue weighted by Gasteiger charge is -2.52. The van der Waals surface area contributed by atoms with Gasteiger partial charge < -0.3 is 19.5 Å². The zero-order chi connectivity index (χ0) is 25.8. The quantitative estimate of drug-likeness (QED) is 0.561. The number of pyridine rings is 1. The van der Waals surface area contributed by atoms with E-state index < -0.39 is 47.0 Å². The van der Waals surface area contributed by atoms with Crippen molar-refractivity contribution in [3.63, 3.8) is 0 Å². The van der Waals surface area contributed by atoms with E-state index >= 15 is 4.39 Å². The predicted octanol–water partition coefficient (Wildman–Crippen LogP) is 2.99. The lowest BCUT2D eigenvalue weighted by atomic mass is 9.93. The average molecular weight is 528 g/mol. The van der Waals surface area contributed by atoms with Crippen molar-refractivity contribution in [1.82, 2.24) is 9.58 Å². The monoisotopic (exact) mass is 527 g/mol. The number of methoxy groups -OCH3 is 1. The number of nitrogens with zero attached hydrogens (tertiary/aromatic N) is 3. The molecule has 3 aromatic rings. The van der Waals surface area contributed by atoms with Crippen LogP contribution in [0.4, 0.5) is 8.78 Å². The number of halogens is 2. The number of hydrogen-bond donors (Lipinski definition) is 1. The molecule has 1 saturated heterocycles. The maximum absolute atomic E-state index is 15.2. The molecule has 11 heteroatoms. The Labute approximate surface area is 215 Å². The third kappa shape index (κ3) is 3.72. The van der Waals surface area contributed by atoms with Gasteiger partial charge in [-0.05, 0) is 23.3 Å². The number of morpholine rings is 1. The van der Waals surface area contributed by atoms with Gasteiger partial charge in [-0.3, -0.25) is 19.3 Å². The summed E-state index contributed by atoms with van der Waals surface area (Å²) in [5.74, 6) is -2.85. The van der Waals surface area contributed by atoms with Crippen LogP contribution in [0, 0.1) is 11.6 Å². The molecule has 0 radical (unpaired) electrons. The van der Waals surface area contributed by atoms with Crippen LogP contribution in [-0.2, 0) is 15.2 Å². The molecule has 1 unspecified atom stereocenters. The summed E-state index contributed by atoms with van der Waals surface area (Å²) in [6, 6.07) is 10.7. The summed E-state index contributed by atoms with van der Waals surface area (Å²) in [5, 5.41) is 12.5. The third-order valence-corrected chi connectivity index (χ3v) is 8.16. The summed E-state index contributed by atoms with van der Waals surface area (Å²) < 4.78 is 42.2. The van der Waals surface area contributed by atoms with Gasteiger partial charge in [0, 0.05) is 35.6 Å². The molecule has 6 rings (SSSR count). The smallest absolute Gasteiger partial charge is 0.278 e. The molecule has 0 spiro atoms. The summed E-state index contributed by atoms with van der Waals surface area (Å²) in [6.07, 6.45) is 0.345. The Bertz CT molecular complexity index is 1460. The second-order valence-electron chi connectivity index (χ2n) is 9.11. The fraction of sp³-hybridized carbons (Fsp3) is 0.308. The number of amides is 1. The van der Waals surface area contributed by atoms with Crippen molar-refractivity contribution in [2.24, 2.45) is 0 Å². The number of aromatic hydroxyl groups is 1. The number of thioether (sulfide) groups is 1. The molecule has 2 aromatic carbocycles. The summed E-state index contributed by atoms with van der Waals surface area (Å²) in [7, 11) is 1.53. The average Bonchev–Trinajstić information content (AvgIpc) is 3.06. The Hall–Kier alpha value is -3.41. The lowest BCUT2D eigenvalue weighted by Crippen LogP contribution is -2.68. The van der Waals surface area contributed by atoms with Crippen molar-refractivity contribution < 1.29 is 28.2 Å². The molecule has 0 bridgehead atoms. The van der Waals surface area contributed by atoms with E-state index in [4.69, 9.17) is 9.47 Å². The van der Waals surface area contributed by atoms with Gasteiger partial charge in [-0.1, -0.05) is 24.3 Å². The van der Waals surface area contributed by atoms with Crippen LogP contribution in [0.25, 0.3) is 0 Å². The van der Waals surface area contributed by atoms with Crippen LogP contribution < -0.4 is 10.4 Å². The number of benzene rings is 2. The maximum atomic E-state index is 15.2. The minimum Gasteiger partial charge on any atom is -0.502 e. The van der Waals surface area contributed by atoms with Crippen molar-refractivity contribution in [1.29, 1.82) is 0 Å². The van der Waals surface area contributed by atoms with Gasteiger partial charge in [-0.25, -0.2) is 8.78 Å². The summed E-state index contributed by atoms with van der Waals surface area (Å²) in [5.41, 5.74) is 0.671. The first kappa shape index (κ1) is 24.0. The number of aromatic nitrogens is 1. The Kier molecular flexibility index (Phi) is 5.93. The van der Waals surface area contributed by atoms with Gasteiger partial charge in [0.2, 0.25) is 5.43 Å². The lowest BCUT2D eigenvalue weighted by molar-refractivity contribution is -0.0873. The van der Waals surface area contributed by atoms with Crippen molar-refractivity contribution in [3.05, 3.63) is 92.9 Å². The van der Waals surface area contributed by atoms with Gasteiger partial charge in [-0.15, -0.1) is 11.8 Å². The first-order valence-electron chi connectivity index (χ1n) is 11.7. The van der Waals surface area contributed by atoms with E-state index in [0.717, 1.165) is 16.5 Å². The highest BCUT2D eigenvalue weighted by Crippen LogP contribution is 2.45. The largest absolute Gasteiger partial charge is 0.502 e. The van der Waals surface area contributed by atoms with Crippen LogP contribution in [0.15, 0.2) is 58.4 Å². The van der Waals surface area contributed by atoms with E-state index in [1.165, 1.54) is 35.8 Å². The molecular formula is C26H23F2N3O5S. The van der Waals surface area contributed by atoms with Gasteiger partial charge >= 0.3 is 0 Å². The minimum atomic E-state index is -0.940. The summed E-state index contributed by atoms with van der Waals surface area (Å²) in [6.45, 7) is 0.501. The zero-order valence-electron chi connectivity index (χ0n) is 19.8. The van der Waals surface area contributed by atoms with Crippen molar-refractivity contribution in [2.45, 2.75) is 29.0 Å². The molecule has 4 heterocycles. The fourth-order valence-electron chi connectivity index (χ4n) is 5.37. The number of rotatable bonds is 3. The van der Waals surface area contributed by atoms with Gasteiger partial charge in [0.05, 0.1) is 31.9 Å². The molecule has 0 aliphatic carbocycles. The molecule has 37 heavy (non-hydrogen) atoms. The first-order valence-corrected chi connectivity index (χ1v) is 12.7. The first-order chi connectivity index (χ1) is 17.9. The van der Waals surface area contributed by atoms with Gasteiger partial charge in [-0.2, -0.15) is 0 Å². The number of fused-ring (bicyclic) bond motifs is 4. The fourth-order valence-corrected chi connectivity index (χ4v) is 6.48. The summed E-state index contributed by atoms with van der Waals surface area (Å²) >= 11 is 1.40. The van der Waals surface area contributed by atoms with E-state index in [0.29, 0.717) is 5.56 Å². The van der Waals surface area contributed by atoms with E-state index in [1.807, 2.05) is 24.3 Å². The molecule has 8 nitrogen and oxygen atoms in total. The molecule has 1 N–H and O–H groups in total. The zero-order valence-corrected chi connectivity index (χ0v) is 20.6. The topological polar surface area (TPSA) is 84.2 Å². The van der Waals surface area contributed by atoms with Gasteiger partial charge in [0.15, 0.2) is 23.1 Å². The van der Waals surface area contributed by atoms with E-state index in [-0.39, 0.29) is 36.8 Å². The highest BCUT2D eigenvalue weighted by Gasteiger charge is 2.47. The van der Waals surface area contributed by atoms with Crippen LogP contribution in [0.3, 0.4) is 0 Å². The van der Waals surface area contributed by atoms with E-state index in [9.17, 15) is 19.1 Å². The Morgan fingerprint density at radius 3 is 2.76 bits per heavy atom. The third-order valence-electron chi connectivity index (χ3n) is 7.04. The molecule has 1 aromatic heterocycles. The minimum absolute atomic E-state index is 0.0942. The van der Waals surface area contributed by atoms with Crippen molar-refractivity contribution >= 4 is 17.7 Å². The molecule has 1 amide bonds. The molecule has 192 valence electrons. The Morgan fingerprint density at radius 2 is 1.95 bits per heavy atom. The van der Waals surface area contributed by atoms with Gasteiger partial charge in [0.1, 0.15) is 6.17 Å². The van der Waals surface area contributed by atoms with Crippen molar-refractivity contribution in [2.75, 3.05) is 31.9 Å². The highest BCUT2D eigenvalue weighted by molar-refractivity contribution is 7.98. The van der Waals surface area contributed by atoms with Crippen LogP contribution in [0.1, 0.15) is 33.2 Å². The standard InChI is InChI=1S/C26H23F2N3O5S/c1-35-11-14-10-29-21(12-36-14)31(30-9-8-19(32)25(33)24(30)26(29)34)23-15-6-7-18(27)22(28)17(15)13-37-20-5-3-2-4-16(20)23/h2-9,14,21,23,33H,10-13H2,1H3/t14?,21-,23+/m1/s1. The number of carbonyl (C=O) groups is 1. The molecular weight excluding hydrogens is 504 g/mol. The van der Waals surface area contributed by atoms with Crippen LogP contribution >= 0.6 is 11.8 Å². The summed E-state index contributed by atoms with van der Waals surface area (Å²) in [4.78, 5) is 28.4. The number of carbonyl (C=O) groups excluding carboxylic acids is 1. The Morgan fingerprint density at radius 1 is 1.14 bits per heavy atom. The van der Waals surface area contributed by atoms with E-state index in [2.05, 4.69) is 0 Å². The maximum Gasteiger partial charge on any atom is 0.278 e. The van der Waals surface area contributed by atoms with Crippen LogP contribution in [0.2, 0.25) is 0 Å². The second-order valence-corrected chi connectivity index (χ2v) is 10.1. The second kappa shape index (κ2) is 9.16. The molecule has 1 fully saturated rings. The van der Waals surface area contributed by atoms with Crippen molar-refractivity contribution in [3.8, 4) is 5.75 Å². The van der Waals surface area contributed by atoms with Gasteiger partial charge in [0.25, 0.3) is 5.91 Å². The highest BCUT2D eigenvalue weighted by atomic mass is 32.2. The Balaban J connectivity index is 1.62. The molecule has 3 aliphatic rings. The normalized spacial score (nSPS) is 22.6. The van der Waals surface area contributed by atoms with E-state index in [1.54, 1.807) is 16.0 Å². The molecule has 3 atom stereocenters. The van der Waals surface area contributed by atoms with Crippen LogP contribution in [-0.4, -0.2) is 59.7 Å². The SMILES string of the molecule is COCC1CN2C(=O)c3c(O)c(=O)ccn3N([C@@H]3c4ccccc4SCc4c3ccc(F)c4F)[C@@H]2CO1. The number of ether oxygens (including phenoxy) is 2. The predicted molar refractivity (Wildman–Crippen MR) is 131 cm³/mol. The molecule has 3 aliphatic heterocycles. The van der Waals surface area contributed by atoms with Crippen LogP contribution in [0.5, 0.6) is 5.75 Å². The number of hydrogen-bond acceptors (Lipinski definition) is 7. The molecule has 0 saturated carbocycles.